The van der Waals surface area contributed by atoms with Gasteiger partial charge in [0.2, 0.25) is 11.8 Å². The summed E-state index contributed by atoms with van der Waals surface area (Å²) >= 11 is 0. The summed E-state index contributed by atoms with van der Waals surface area (Å²) in [6.45, 7) is 3.04. The quantitative estimate of drug-likeness (QED) is 0.794. The summed E-state index contributed by atoms with van der Waals surface area (Å²) < 4.78 is 0. The van der Waals surface area contributed by atoms with Crippen molar-refractivity contribution in [3.8, 4) is 0 Å². The van der Waals surface area contributed by atoms with E-state index >= 15 is 0 Å². The number of amides is 2. The average molecular weight is 312 g/mol. The third-order valence-corrected chi connectivity index (χ3v) is 3.39. The average Bonchev–Trinajstić information content (AvgIpc) is 2.49. The first-order valence-electron chi connectivity index (χ1n) is 7.32. The molecule has 0 spiro atoms. The molecule has 2 rings (SSSR count). The van der Waals surface area contributed by atoms with E-state index in [1.54, 1.807) is 43.3 Å². The number of aliphatic hydroxyl groups is 1. The molecule has 1 unspecified atom stereocenters. The van der Waals surface area contributed by atoms with Crippen LogP contribution in [0, 0.1) is 0 Å². The lowest BCUT2D eigenvalue weighted by atomic mass is 9.92. The van der Waals surface area contributed by atoms with Crippen LogP contribution in [0.15, 0.2) is 54.6 Å². The van der Waals surface area contributed by atoms with Gasteiger partial charge >= 0.3 is 0 Å². The number of anilines is 2. The van der Waals surface area contributed by atoms with Gasteiger partial charge in [0.05, 0.1) is 12.0 Å². The molecule has 0 saturated carbocycles. The van der Waals surface area contributed by atoms with E-state index < -0.39 is 5.60 Å². The van der Waals surface area contributed by atoms with Crippen molar-refractivity contribution in [2.24, 2.45) is 0 Å². The second-order valence-electron chi connectivity index (χ2n) is 5.62. The Morgan fingerprint density at radius 1 is 0.957 bits per heavy atom. The fourth-order valence-corrected chi connectivity index (χ4v) is 2.26. The minimum Gasteiger partial charge on any atom is -0.385 e. The maximum atomic E-state index is 12.1. The van der Waals surface area contributed by atoms with Gasteiger partial charge in [0.25, 0.3) is 0 Å². The third-order valence-electron chi connectivity index (χ3n) is 3.39. The number of carbonyl (C=O) groups excluding carboxylic acids is 2. The van der Waals surface area contributed by atoms with E-state index in [0.29, 0.717) is 16.9 Å². The largest absolute Gasteiger partial charge is 0.385 e. The highest BCUT2D eigenvalue weighted by molar-refractivity contribution is 5.92. The zero-order valence-electron chi connectivity index (χ0n) is 13.2. The second kappa shape index (κ2) is 7.07. The van der Waals surface area contributed by atoms with Crippen LogP contribution in [0.5, 0.6) is 0 Å². The Hall–Kier alpha value is -2.66. The lowest BCUT2D eigenvalue weighted by molar-refractivity contribution is -0.120. The molecular formula is C18H20N2O3. The lowest BCUT2D eigenvalue weighted by Crippen LogP contribution is -2.28. The van der Waals surface area contributed by atoms with Gasteiger partial charge in [-0.1, -0.05) is 30.3 Å². The molecular weight excluding hydrogens is 292 g/mol. The lowest BCUT2D eigenvalue weighted by Gasteiger charge is -2.23. The molecule has 2 amide bonds. The van der Waals surface area contributed by atoms with Gasteiger partial charge in [0.1, 0.15) is 0 Å². The highest BCUT2D eigenvalue weighted by atomic mass is 16.3. The van der Waals surface area contributed by atoms with Crippen molar-refractivity contribution < 1.29 is 14.7 Å². The van der Waals surface area contributed by atoms with E-state index in [1.807, 2.05) is 18.2 Å². The van der Waals surface area contributed by atoms with Crippen LogP contribution in [0.1, 0.15) is 25.8 Å². The summed E-state index contributed by atoms with van der Waals surface area (Å²) in [6.07, 6.45) is -0.0511. The van der Waals surface area contributed by atoms with Crippen LogP contribution >= 0.6 is 0 Å². The Morgan fingerprint density at radius 2 is 1.48 bits per heavy atom. The van der Waals surface area contributed by atoms with Gasteiger partial charge in [-0.2, -0.15) is 0 Å². The third kappa shape index (κ3) is 4.93. The predicted octanol–water partition coefficient (Wildman–Crippen LogP) is 2.88. The number of hydrogen-bond donors (Lipinski definition) is 3. The van der Waals surface area contributed by atoms with Crippen molar-refractivity contribution in [3.05, 3.63) is 60.2 Å². The van der Waals surface area contributed by atoms with E-state index in [-0.39, 0.29) is 18.2 Å². The molecule has 0 aliphatic heterocycles. The van der Waals surface area contributed by atoms with Crippen molar-refractivity contribution in [1.82, 2.24) is 0 Å². The van der Waals surface area contributed by atoms with E-state index in [0.717, 1.165) is 0 Å². The Balaban J connectivity index is 1.98. The summed E-state index contributed by atoms with van der Waals surface area (Å²) in [5.41, 5.74) is 0.720. The van der Waals surface area contributed by atoms with Crippen molar-refractivity contribution in [3.63, 3.8) is 0 Å². The molecule has 0 heterocycles. The fraction of sp³-hybridized carbons (Fsp3) is 0.222. The van der Waals surface area contributed by atoms with Crippen molar-refractivity contribution in [2.45, 2.75) is 25.9 Å². The fourth-order valence-electron chi connectivity index (χ4n) is 2.26. The monoisotopic (exact) mass is 312 g/mol. The molecule has 0 radical (unpaired) electrons. The van der Waals surface area contributed by atoms with Crippen LogP contribution in [0.2, 0.25) is 0 Å². The second-order valence-corrected chi connectivity index (χ2v) is 5.62. The molecule has 2 aromatic rings. The molecule has 0 fully saturated rings. The summed E-state index contributed by atoms with van der Waals surface area (Å²) in [6, 6.07) is 15.9. The Morgan fingerprint density at radius 3 is 2.00 bits per heavy atom. The van der Waals surface area contributed by atoms with Gasteiger partial charge in [-0.25, -0.2) is 0 Å². The summed E-state index contributed by atoms with van der Waals surface area (Å²) in [7, 11) is 0. The summed E-state index contributed by atoms with van der Waals surface area (Å²) in [4.78, 5) is 23.1. The molecule has 2 aromatic carbocycles. The molecule has 0 bridgehead atoms. The van der Waals surface area contributed by atoms with Gasteiger partial charge in [0.15, 0.2) is 0 Å². The number of rotatable bonds is 5. The van der Waals surface area contributed by atoms with Crippen LogP contribution < -0.4 is 10.6 Å². The normalized spacial score (nSPS) is 13.0. The van der Waals surface area contributed by atoms with Gasteiger partial charge in [-0.05, 0) is 36.8 Å². The van der Waals surface area contributed by atoms with Gasteiger partial charge in [0, 0.05) is 18.3 Å². The molecule has 23 heavy (non-hydrogen) atoms. The summed E-state index contributed by atoms with van der Waals surface area (Å²) in [5, 5.41) is 15.9. The van der Waals surface area contributed by atoms with Crippen molar-refractivity contribution in [1.29, 1.82) is 0 Å². The molecule has 120 valence electrons. The van der Waals surface area contributed by atoms with Gasteiger partial charge < -0.3 is 15.7 Å². The summed E-state index contributed by atoms with van der Waals surface area (Å²) in [5.74, 6) is -0.438. The molecule has 0 saturated heterocycles. The maximum absolute atomic E-state index is 12.1. The van der Waals surface area contributed by atoms with Gasteiger partial charge in [-0.15, -0.1) is 0 Å². The number of carbonyl (C=O) groups is 2. The Labute approximate surface area is 135 Å². The van der Waals surface area contributed by atoms with Crippen LogP contribution in [0.25, 0.3) is 0 Å². The standard InChI is InChI=1S/C18H20N2O3/c1-13(21)19-15-8-10-16(11-9-15)20-17(22)12-18(2,23)14-6-4-3-5-7-14/h3-11,23H,12H2,1-2H3,(H,19,21)(H,20,22). The Kier molecular flexibility index (Phi) is 5.13. The molecule has 0 aliphatic rings. The van der Waals surface area contributed by atoms with Gasteiger partial charge in [-0.3, -0.25) is 9.59 Å². The van der Waals surface area contributed by atoms with E-state index in [4.69, 9.17) is 0 Å². The SMILES string of the molecule is CC(=O)Nc1ccc(NC(=O)CC(C)(O)c2ccccc2)cc1. The molecule has 0 aliphatic carbocycles. The molecule has 1 atom stereocenters. The molecule has 5 nitrogen and oxygen atoms in total. The minimum atomic E-state index is -1.23. The zero-order valence-corrected chi connectivity index (χ0v) is 13.2. The van der Waals surface area contributed by atoms with Crippen LogP contribution in [0.3, 0.4) is 0 Å². The van der Waals surface area contributed by atoms with Crippen LogP contribution in [-0.4, -0.2) is 16.9 Å². The van der Waals surface area contributed by atoms with Crippen molar-refractivity contribution in [2.75, 3.05) is 10.6 Å². The highest BCUT2D eigenvalue weighted by Crippen LogP contribution is 2.25. The molecule has 0 aromatic heterocycles. The number of benzene rings is 2. The van der Waals surface area contributed by atoms with E-state index in [9.17, 15) is 14.7 Å². The first-order valence-corrected chi connectivity index (χ1v) is 7.32. The maximum Gasteiger partial charge on any atom is 0.227 e. The molecule has 3 N–H and O–H groups in total. The van der Waals surface area contributed by atoms with Crippen LogP contribution in [-0.2, 0) is 15.2 Å². The van der Waals surface area contributed by atoms with E-state index in [1.165, 1.54) is 6.92 Å². The topological polar surface area (TPSA) is 78.4 Å². The van der Waals surface area contributed by atoms with E-state index in [2.05, 4.69) is 10.6 Å². The number of nitrogens with one attached hydrogen (secondary N) is 2. The Bertz CT molecular complexity index is 679. The van der Waals surface area contributed by atoms with Crippen LogP contribution in [0.4, 0.5) is 11.4 Å². The minimum absolute atomic E-state index is 0.0511. The smallest absolute Gasteiger partial charge is 0.227 e. The predicted molar refractivity (Wildman–Crippen MR) is 90.0 cm³/mol. The zero-order chi connectivity index (χ0) is 16.9. The molecule has 5 heteroatoms. The first kappa shape index (κ1) is 16.7. The highest BCUT2D eigenvalue weighted by Gasteiger charge is 2.26. The number of hydrogen-bond acceptors (Lipinski definition) is 3. The van der Waals surface area contributed by atoms with Crippen molar-refractivity contribution >= 4 is 23.2 Å². The first-order chi connectivity index (χ1) is 10.9.